The Morgan fingerprint density at radius 2 is 1.45 bits per heavy atom. The molecule has 2 bridgehead atoms. The van der Waals surface area contributed by atoms with Crippen LogP contribution in [0, 0.1) is 5.92 Å². The SMILES string of the molecule is CNC(=O)CCC(=O)NCc1ccccc1CCC1=C(C(=O)OC)C(c2c(Cl)cccc2Cl)C(C(=O)OC)C(CC(=O)N2CCN(C3CC4CCC(C3)N4C)CC2)=N1. The highest BCUT2D eigenvalue weighted by atomic mass is 35.5. The van der Waals surface area contributed by atoms with Crippen molar-refractivity contribution in [3.63, 3.8) is 0 Å². The fraction of sp³-hybridized carbons (Fsp3) is 0.535. The van der Waals surface area contributed by atoms with Crippen molar-refractivity contribution >= 4 is 58.6 Å². The summed E-state index contributed by atoms with van der Waals surface area (Å²) in [5.74, 6) is -4.31. The number of aryl methyl sites for hydroxylation is 1. The molecule has 0 aromatic heterocycles. The number of aliphatic imine (C=N–C) groups is 1. The number of carbonyl (C=O) groups is 5. The first-order valence-electron chi connectivity index (χ1n) is 20.1. The van der Waals surface area contributed by atoms with E-state index in [1.807, 2.05) is 29.2 Å². The smallest absolute Gasteiger partial charge is 0.336 e. The Balaban J connectivity index is 1.28. The highest BCUT2D eigenvalue weighted by molar-refractivity contribution is 6.36. The minimum Gasteiger partial charge on any atom is -0.468 e. The van der Waals surface area contributed by atoms with E-state index in [-0.39, 0.29) is 71.3 Å². The lowest BCUT2D eigenvalue weighted by atomic mass is 9.73. The average molecular weight is 838 g/mol. The van der Waals surface area contributed by atoms with Gasteiger partial charge in [-0.25, -0.2) is 4.79 Å². The van der Waals surface area contributed by atoms with E-state index in [0.29, 0.717) is 48.9 Å². The van der Waals surface area contributed by atoms with Gasteiger partial charge >= 0.3 is 11.9 Å². The number of nitrogens with zero attached hydrogens (tertiary/aromatic N) is 4. The monoisotopic (exact) mass is 836 g/mol. The molecular formula is C43H54Cl2N6O7. The molecular weight excluding hydrogens is 783 g/mol. The van der Waals surface area contributed by atoms with Crippen molar-refractivity contribution in [1.29, 1.82) is 0 Å². The van der Waals surface area contributed by atoms with Gasteiger partial charge in [0.2, 0.25) is 17.7 Å². The van der Waals surface area contributed by atoms with E-state index in [4.69, 9.17) is 37.7 Å². The maximum absolute atomic E-state index is 14.2. The number of piperidine rings is 1. The third kappa shape index (κ3) is 9.76. The van der Waals surface area contributed by atoms with Gasteiger partial charge in [0, 0.05) is 92.4 Å². The van der Waals surface area contributed by atoms with Gasteiger partial charge in [-0.1, -0.05) is 53.5 Å². The second-order valence-corrected chi connectivity index (χ2v) is 16.4. The number of amides is 3. The molecule has 312 valence electrons. The van der Waals surface area contributed by atoms with Crippen molar-refractivity contribution in [3.05, 3.63) is 80.5 Å². The molecule has 3 fully saturated rings. The predicted molar refractivity (Wildman–Crippen MR) is 221 cm³/mol. The fourth-order valence-electron chi connectivity index (χ4n) is 9.20. The first-order chi connectivity index (χ1) is 27.9. The molecule has 6 rings (SSSR count). The molecule has 13 nitrogen and oxygen atoms in total. The summed E-state index contributed by atoms with van der Waals surface area (Å²) in [6, 6.07) is 14.3. The van der Waals surface area contributed by atoms with E-state index in [2.05, 4.69) is 27.5 Å². The van der Waals surface area contributed by atoms with Crippen molar-refractivity contribution in [3.8, 4) is 0 Å². The number of rotatable bonds is 14. The number of hydrogen-bond donors (Lipinski definition) is 2. The number of nitrogens with one attached hydrogen (secondary N) is 2. The van der Waals surface area contributed by atoms with Crippen molar-refractivity contribution in [2.45, 2.75) is 88.4 Å². The normalized spacial score (nSPS) is 23.6. The van der Waals surface area contributed by atoms with Crippen LogP contribution in [-0.4, -0.2) is 123 Å². The van der Waals surface area contributed by atoms with Gasteiger partial charge in [0.1, 0.15) is 5.92 Å². The summed E-state index contributed by atoms with van der Waals surface area (Å²) in [7, 11) is 6.28. The van der Waals surface area contributed by atoms with Gasteiger partial charge in [-0.3, -0.25) is 29.1 Å². The molecule has 0 saturated carbocycles. The number of piperazine rings is 1. The van der Waals surface area contributed by atoms with Gasteiger partial charge in [-0.15, -0.1) is 0 Å². The summed E-state index contributed by atoms with van der Waals surface area (Å²) in [5, 5.41) is 5.87. The Labute approximate surface area is 350 Å². The number of benzene rings is 2. The van der Waals surface area contributed by atoms with E-state index in [0.717, 1.165) is 37.1 Å². The molecule has 4 heterocycles. The molecule has 0 spiro atoms. The summed E-state index contributed by atoms with van der Waals surface area (Å²) in [6.07, 6.45) is 5.37. The molecule has 4 atom stereocenters. The first kappa shape index (κ1) is 43.3. The van der Waals surface area contributed by atoms with E-state index in [1.165, 1.54) is 34.1 Å². The second-order valence-electron chi connectivity index (χ2n) is 15.6. The molecule has 2 aromatic rings. The lowest BCUT2D eigenvalue weighted by Crippen LogP contribution is -2.56. The largest absolute Gasteiger partial charge is 0.468 e. The van der Waals surface area contributed by atoms with Crippen LogP contribution in [0.3, 0.4) is 0 Å². The van der Waals surface area contributed by atoms with Crippen LogP contribution in [0.15, 0.2) is 58.7 Å². The van der Waals surface area contributed by atoms with Crippen LogP contribution in [0.2, 0.25) is 10.0 Å². The lowest BCUT2D eigenvalue weighted by molar-refractivity contribution is -0.144. The lowest BCUT2D eigenvalue weighted by Gasteiger charge is -2.45. The van der Waals surface area contributed by atoms with Gasteiger partial charge in [-0.05, 0) is 74.4 Å². The van der Waals surface area contributed by atoms with Crippen LogP contribution in [0.5, 0.6) is 0 Å². The van der Waals surface area contributed by atoms with E-state index < -0.39 is 23.8 Å². The van der Waals surface area contributed by atoms with Crippen LogP contribution >= 0.6 is 23.2 Å². The van der Waals surface area contributed by atoms with Gasteiger partial charge in [0.15, 0.2) is 0 Å². The van der Waals surface area contributed by atoms with Crippen LogP contribution in [0.25, 0.3) is 0 Å². The second kappa shape index (κ2) is 19.6. The number of hydrogen-bond acceptors (Lipinski definition) is 10. The minimum absolute atomic E-state index is 0.0512. The van der Waals surface area contributed by atoms with Gasteiger partial charge < -0.3 is 29.9 Å². The van der Waals surface area contributed by atoms with Crippen LogP contribution < -0.4 is 10.6 Å². The molecule has 4 aliphatic rings. The fourth-order valence-corrected chi connectivity index (χ4v) is 9.83. The van der Waals surface area contributed by atoms with Crippen molar-refractivity contribution in [1.82, 2.24) is 25.3 Å². The summed E-state index contributed by atoms with van der Waals surface area (Å²) >= 11 is 13.7. The van der Waals surface area contributed by atoms with Crippen molar-refractivity contribution in [2.24, 2.45) is 10.9 Å². The van der Waals surface area contributed by atoms with E-state index >= 15 is 0 Å². The Morgan fingerprint density at radius 1 is 0.810 bits per heavy atom. The number of halogens is 2. The molecule has 0 aliphatic carbocycles. The third-order valence-corrected chi connectivity index (χ3v) is 13.1. The molecule has 3 saturated heterocycles. The van der Waals surface area contributed by atoms with E-state index in [1.54, 1.807) is 18.2 Å². The van der Waals surface area contributed by atoms with Crippen LogP contribution in [0.1, 0.15) is 74.0 Å². The topological polar surface area (TPSA) is 150 Å². The average Bonchev–Trinajstić information content (AvgIpc) is 3.41. The maximum atomic E-state index is 14.2. The standard InChI is InChI=1S/C43H54Cl2N6O7/c1-46-35(52)16-17-36(53)47-25-27-9-6-5-8-26(27)12-15-33-39(42(55)57-3)41(38-31(44)10-7-11-32(38)45)40(43(56)58-4)34(48-33)24-37(54)51-20-18-50(19-21-51)30-22-28-13-14-29(23-30)49(28)2/h5-11,28-30,40-41H,12-25H2,1-4H3,(H,46,52)(H,47,53). The number of carbonyl (C=O) groups excluding carboxylic acids is 5. The molecule has 4 unspecified atom stereocenters. The van der Waals surface area contributed by atoms with Crippen LogP contribution in [0.4, 0.5) is 0 Å². The highest BCUT2D eigenvalue weighted by Gasteiger charge is 2.47. The quantitative estimate of drug-likeness (QED) is 0.259. The first-order valence-corrected chi connectivity index (χ1v) is 20.9. The molecule has 4 aliphatic heterocycles. The number of ether oxygens (including phenoxy) is 2. The Kier molecular flexibility index (Phi) is 14.7. The Hall–Kier alpha value is -4.30. The zero-order valence-corrected chi connectivity index (χ0v) is 35.2. The third-order valence-electron chi connectivity index (χ3n) is 12.4. The number of esters is 2. The summed E-state index contributed by atoms with van der Waals surface area (Å²) in [6.45, 7) is 2.90. The molecule has 0 radical (unpaired) electrons. The van der Waals surface area contributed by atoms with Crippen molar-refractivity contribution < 1.29 is 33.4 Å². The number of allylic oxidation sites excluding steroid dienone is 1. The minimum atomic E-state index is -1.20. The zero-order chi connectivity index (χ0) is 41.5. The number of methoxy groups -OCH3 is 2. The molecule has 2 aromatic carbocycles. The Morgan fingerprint density at radius 3 is 2.07 bits per heavy atom. The molecule has 3 amide bonds. The maximum Gasteiger partial charge on any atom is 0.336 e. The van der Waals surface area contributed by atoms with Gasteiger partial charge in [0.25, 0.3) is 0 Å². The molecule has 15 heteroatoms. The summed E-state index contributed by atoms with van der Waals surface area (Å²) < 4.78 is 10.7. The number of fused-ring (bicyclic) bond motifs is 2. The van der Waals surface area contributed by atoms with Crippen molar-refractivity contribution in [2.75, 3.05) is 54.5 Å². The molecule has 2 N–H and O–H groups in total. The summed E-state index contributed by atoms with van der Waals surface area (Å²) in [5.41, 5.74) is 2.76. The van der Waals surface area contributed by atoms with Gasteiger partial charge in [-0.2, -0.15) is 0 Å². The highest BCUT2D eigenvalue weighted by Crippen LogP contribution is 2.47. The molecule has 58 heavy (non-hydrogen) atoms. The Bertz CT molecular complexity index is 1910. The van der Waals surface area contributed by atoms with E-state index in [9.17, 15) is 24.0 Å². The van der Waals surface area contributed by atoms with Crippen LogP contribution in [-0.2, 0) is 46.4 Å². The summed E-state index contributed by atoms with van der Waals surface area (Å²) in [4.78, 5) is 78.1. The van der Waals surface area contributed by atoms with Gasteiger partial charge in [0.05, 0.1) is 31.9 Å². The predicted octanol–water partition coefficient (Wildman–Crippen LogP) is 4.68. The zero-order valence-electron chi connectivity index (χ0n) is 33.7.